The Bertz CT molecular complexity index is 451. The number of carbonyl (C=O) groups is 1. The molecule has 18 heavy (non-hydrogen) atoms. The maximum Gasteiger partial charge on any atom is 0.352 e. The molecule has 1 aromatic rings. The van der Waals surface area contributed by atoms with Gasteiger partial charge >= 0.3 is 6.03 Å². The lowest BCUT2D eigenvalue weighted by Gasteiger charge is -2.24. The second-order valence-electron chi connectivity index (χ2n) is 3.81. The molecule has 0 aliphatic heterocycles. The van der Waals surface area contributed by atoms with Gasteiger partial charge < -0.3 is 5.11 Å². The van der Waals surface area contributed by atoms with Crippen LogP contribution in [0.1, 0.15) is 18.1 Å². The quantitative estimate of drug-likeness (QED) is 0.416. The molecule has 7 heteroatoms. The third-order valence-electron chi connectivity index (χ3n) is 2.62. The average Bonchev–Trinajstić information content (AvgIpc) is 2.36. The molecular formula is C11H17FN4O2. The smallest absolute Gasteiger partial charge is 0.352 e. The molecule has 0 aromatic heterocycles. The minimum atomic E-state index is -0.781. The maximum atomic E-state index is 13.8. The molecule has 0 atom stereocenters. The molecule has 100 valence electrons. The predicted octanol–water partition coefficient (Wildman–Crippen LogP) is 0.486. The Hall–Kier alpha value is -1.70. The van der Waals surface area contributed by atoms with E-state index in [0.717, 1.165) is 10.6 Å². The van der Waals surface area contributed by atoms with Gasteiger partial charge in [-0.1, -0.05) is 13.0 Å². The second-order valence-corrected chi connectivity index (χ2v) is 3.81. The SMILES string of the molecule is CCc1ccc(F)c(N(N)C(=O)N(C)N)c1CO. The highest BCUT2D eigenvalue weighted by molar-refractivity contribution is 5.91. The average molecular weight is 256 g/mol. The zero-order chi connectivity index (χ0) is 13.9. The molecule has 0 saturated heterocycles. The van der Waals surface area contributed by atoms with Crippen LogP contribution in [-0.4, -0.2) is 23.2 Å². The zero-order valence-electron chi connectivity index (χ0n) is 10.4. The second kappa shape index (κ2) is 5.76. The van der Waals surface area contributed by atoms with Crippen molar-refractivity contribution in [2.45, 2.75) is 20.0 Å². The predicted molar refractivity (Wildman–Crippen MR) is 65.7 cm³/mol. The number of aryl methyl sites for hydroxylation is 1. The van der Waals surface area contributed by atoms with Crippen LogP contribution in [0.4, 0.5) is 14.9 Å². The molecule has 0 aliphatic carbocycles. The van der Waals surface area contributed by atoms with E-state index in [1.54, 1.807) is 6.07 Å². The van der Waals surface area contributed by atoms with Gasteiger partial charge in [0.05, 0.1) is 6.61 Å². The molecule has 0 heterocycles. The van der Waals surface area contributed by atoms with Crippen molar-refractivity contribution in [2.24, 2.45) is 11.7 Å². The van der Waals surface area contributed by atoms with Gasteiger partial charge in [-0.2, -0.15) is 0 Å². The van der Waals surface area contributed by atoms with Crippen LogP contribution in [0.15, 0.2) is 12.1 Å². The highest BCUT2D eigenvalue weighted by Crippen LogP contribution is 2.27. The van der Waals surface area contributed by atoms with E-state index in [2.05, 4.69) is 0 Å². The summed E-state index contributed by atoms with van der Waals surface area (Å²) in [5.74, 6) is 10.1. The van der Waals surface area contributed by atoms with Crippen LogP contribution < -0.4 is 16.7 Å². The summed E-state index contributed by atoms with van der Waals surface area (Å²) in [6.45, 7) is 1.44. The number of rotatable bonds is 3. The number of hydrazine groups is 2. The summed E-state index contributed by atoms with van der Waals surface area (Å²) in [4.78, 5) is 11.6. The van der Waals surface area contributed by atoms with Gasteiger partial charge in [0, 0.05) is 12.6 Å². The van der Waals surface area contributed by atoms with Gasteiger partial charge in [-0.05, 0) is 18.1 Å². The van der Waals surface area contributed by atoms with E-state index in [4.69, 9.17) is 11.7 Å². The van der Waals surface area contributed by atoms with E-state index < -0.39 is 18.5 Å². The molecule has 2 amide bonds. The summed E-state index contributed by atoms with van der Waals surface area (Å²) >= 11 is 0. The fraction of sp³-hybridized carbons (Fsp3) is 0.364. The van der Waals surface area contributed by atoms with E-state index in [0.29, 0.717) is 11.4 Å². The minimum Gasteiger partial charge on any atom is -0.392 e. The number of hydrogen-bond donors (Lipinski definition) is 3. The Morgan fingerprint density at radius 3 is 2.50 bits per heavy atom. The lowest BCUT2D eigenvalue weighted by Crippen LogP contribution is -2.49. The van der Waals surface area contributed by atoms with Crippen molar-refractivity contribution >= 4 is 11.7 Å². The highest BCUT2D eigenvalue weighted by Gasteiger charge is 2.22. The summed E-state index contributed by atoms with van der Waals surface area (Å²) < 4.78 is 13.8. The number of anilines is 1. The highest BCUT2D eigenvalue weighted by atomic mass is 19.1. The Balaban J connectivity index is 3.33. The standard InChI is InChI=1S/C11H17FN4O2/c1-3-7-4-5-9(12)10(8(7)6-17)16(14)11(18)15(2)13/h4-5,17H,3,6,13-14H2,1-2H3. The maximum absolute atomic E-state index is 13.8. The minimum absolute atomic E-state index is 0.154. The van der Waals surface area contributed by atoms with E-state index in [9.17, 15) is 14.3 Å². The fourth-order valence-electron chi connectivity index (χ4n) is 1.68. The number of hydrogen-bond acceptors (Lipinski definition) is 4. The Kier molecular flexibility index (Phi) is 4.60. The van der Waals surface area contributed by atoms with Crippen LogP contribution in [0.5, 0.6) is 0 Å². The molecule has 1 rings (SSSR count). The first-order chi connectivity index (χ1) is 8.43. The summed E-state index contributed by atoms with van der Waals surface area (Å²) in [7, 11) is 1.29. The Morgan fingerprint density at radius 1 is 1.44 bits per heavy atom. The van der Waals surface area contributed by atoms with E-state index >= 15 is 0 Å². The van der Waals surface area contributed by atoms with Crippen LogP contribution in [0.2, 0.25) is 0 Å². The first-order valence-corrected chi connectivity index (χ1v) is 5.42. The van der Waals surface area contributed by atoms with Crippen molar-refractivity contribution in [1.29, 1.82) is 0 Å². The van der Waals surface area contributed by atoms with Gasteiger partial charge in [0.15, 0.2) is 0 Å². The van der Waals surface area contributed by atoms with Crippen LogP contribution in [0, 0.1) is 5.82 Å². The normalized spacial score (nSPS) is 10.3. The van der Waals surface area contributed by atoms with Gasteiger partial charge in [0.2, 0.25) is 0 Å². The number of carbonyl (C=O) groups excluding carboxylic acids is 1. The summed E-state index contributed by atoms with van der Waals surface area (Å²) in [6, 6.07) is 1.98. The van der Waals surface area contributed by atoms with E-state index in [1.807, 2.05) is 6.92 Å². The Labute approximate surface area is 105 Å². The number of benzene rings is 1. The number of halogens is 1. The van der Waals surface area contributed by atoms with Crippen molar-refractivity contribution in [2.75, 3.05) is 12.1 Å². The van der Waals surface area contributed by atoms with Crippen LogP contribution in [-0.2, 0) is 13.0 Å². The molecule has 0 bridgehead atoms. The number of aliphatic hydroxyl groups is 1. The van der Waals surface area contributed by atoms with E-state index in [1.165, 1.54) is 13.1 Å². The van der Waals surface area contributed by atoms with Crippen LogP contribution in [0.3, 0.4) is 0 Å². The summed E-state index contributed by atoms with van der Waals surface area (Å²) in [5.41, 5.74) is 0.853. The number of aliphatic hydroxyl groups excluding tert-OH is 1. The Morgan fingerprint density at radius 2 is 2.06 bits per heavy atom. The molecule has 6 nitrogen and oxygen atoms in total. The third-order valence-corrected chi connectivity index (χ3v) is 2.62. The lowest BCUT2D eigenvalue weighted by atomic mass is 10.0. The molecular weight excluding hydrogens is 239 g/mol. The number of urea groups is 1. The first kappa shape index (κ1) is 14.4. The van der Waals surface area contributed by atoms with Crippen molar-refractivity contribution in [1.82, 2.24) is 5.01 Å². The van der Waals surface area contributed by atoms with Crippen molar-refractivity contribution in [3.63, 3.8) is 0 Å². The molecule has 1 aromatic carbocycles. The number of nitrogens with two attached hydrogens (primary N) is 2. The van der Waals surface area contributed by atoms with Gasteiger partial charge in [0.25, 0.3) is 0 Å². The molecule has 5 N–H and O–H groups in total. The monoisotopic (exact) mass is 256 g/mol. The first-order valence-electron chi connectivity index (χ1n) is 5.42. The van der Waals surface area contributed by atoms with Crippen LogP contribution >= 0.6 is 0 Å². The van der Waals surface area contributed by atoms with Crippen molar-refractivity contribution in [3.05, 3.63) is 29.1 Å². The van der Waals surface area contributed by atoms with Gasteiger partial charge in [-0.15, -0.1) is 0 Å². The molecule has 0 fully saturated rings. The molecule has 0 aliphatic rings. The number of amides is 2. The molecule has 0 spiro atoms. The third kappa shape index (κ3) is 2.58. The largest absolute Gasteiger partial charge is 0.392 e. The van der Waals surface area contributed by atoms with Gasteiger partial charge in [-0.25, -0.2) is 25.9 Å². The molecule has 0 saturated carbocycles. The van der Waals surface area contributed by atoms with Crippen molar-refractivity contribution in [3.8, 4) is 0 Å². The summed E-state index contributed by atoms with van der Waals surface area (Å²) in [5, 5.41) is 10.7. The lowest BCUT2D eigenvalue weighted by molar-refractivity contribution is 0.216. The zero-order valence-corrected chi connectivity index (χ0v) is 10.4. The van der Waals surface area contributed by atoms with E-state index in [-0.39, 0.29) is 11.3 Å². The summed E-state index contributed by atoms with van der Waals surface area (Å²) in [6.07, 6.45) is 0.587. The van der Waals surface area contributed by atoms with Gasteiger partial charge in [0.1, 0.15) is 11.5 Å². The molecule has 0 radical (unpaired) electrons. The number of nitrogens with zero attached hydrogens (tertiary/aromatic N) is 2. The fourth-order valence-corrected chi connectivity index (χ4v) is 1.68. The van der Waals surface area contributed by atoms with Gasteiger partial charge in [-0.3, -0.25) is 5.01 Å². The molecule has 0 unspecified atom stereocenters. The van der Waals surface area contributed by atoms with Crippen LogP contribution in [0.25, 0.3) is 0 Å². The topological polar surface area (TPSA) is 95.8 Å². The van der Waals surface area contributed by atoms with Crippen molar-refractivity contribution < 1.29 is 14.3 Å².